The topological polar surface area (TPSA) is 166 Å². The average Bonchev–Trinajstić information content (AvgIpc) is 4.18. The molecule has 5 atom stereocenters. The minimum atomic E-state index is -1.52. The van der Waals surface area contributed by atoms with E-state index in [9.17, 15) is 20.4 Å². The predicted molar refractivity (Wildman–Crippen MR) is 246 cm³/mol. The Bertz CT molecular complexity index is 2940. The first-order valence-electron chi connectivity index (χ1n) is 20.9. The Morgan fingerprint density at radius 1 is 0.460 bits per heavy atom. The summed E-state index contributed by atoms with van der Waals surface area (Å²) in [5.41, 5.74) is 14.7. The van der Waals surface area contributed by atoms with Gasteiger partial charge in [0.05, 0.1) is 36.0 Å². The molecule has 63 heavy (non-hydrogen) atoms. The number of hydrogen-bond donors (Lipinski definition) is 6. The molecule has 3 aromatic heterocycles. The first-order chi connectivity index (χ1) is 30.9. The van der Waals surface area contributed by atoms with Gasteiger partial charge in [-0.3, -0.25) is 0 Å². The lowest BCUT2D eigenvalue weighted by molar-refractivity contribution is -0.301. The number of aromatic nitrogens is 4. The summed E-state index contributed by atoms with van der Waals surface area (Å²) in [6.07, 6.45) is 1.56. The number of hydrogen-bond acceptors (Lipinski definition) is 9. The number of aromatic amines is 2. The van der Waals surface area contributed by atoms with E-state index in [0.717, 1.165) is 89.4 Å². The van der Waals surface area contributed by atoms with Gasteiger partial charge in [-0.15, -0.1) is 0 Å². The van der Waals surface area contributed by atoms with Gasteiger partial charge in [0.15, 0.2) is 6.29 Å². The van der Waals surface area contributed by atoms with E-state index < -0.39 is 37.3 Å². The van der Waals surface area contributed by atoms with Crippen LogP contribution < -0.4 is 4.74 Å². The molecule has 11 nitrogen and oxygen atoms in total. The largest absolute Gasteiger partial charge is 0.491 e. The van der Waals surface area contributed by atoms with Gasteiger partial charge in [0.25, 0.3) is 0 Å². The zero-order valence-corrected chi connectivity index (χ0v) is 34.0. The summed E-state index contributed by atoms with van der Waals surface area (Å²) in [7, 11) is 0. The van der Waals surface area contributed by atoms with E-state index in [2.05, 4.69) is 107 Å². The predicted octanol–water partition coefficient (Wildman–Crippen LogP) is 8.52. The third kappa shape index (κ3) is 7.90. The molecule has 8 bridgehead atoms. The van der Waals surface area contributed by atoms with Gasteiger partial charge in [0.2, 0.25) is 0 Å². The normalized spacial score (nSPS) is 19.3. The third-order valence-electron chi connectivity index (χ3n) is 11.6. The Hall–Kier alpha value is -6.96. The molecule has 0 aliphatic carbocycles. The summed E-state index contributed by atoms with van der Waals surface area (Å²) in [5, 5.41) is 40.1. The maximum atomic E-state index is 10.3. The van der Waals surface area contributed by atoms with E-state index in [-0.39, 0.29) is 13.2 Å². The number of ether oxygens (including phenoxy) is 3. The van der Waals surface area contributed by atoms with Crippen molar-refractivity contribution in [2.75, 3.05) is 19.8 Å². The Labute approximate surface area is 362 Å². The standard InChI is InChI=1S/C52H44N4O7/c57-30-44-49(58)50(59)51(60)52(63-44)62-29-28-61-35-18-16-34(17-19-35)48-42-26-24-40(55-42)46(32-12-6-2-7-13-32)38-22-20-36(53-38)45(31-10-4-1-5-11-31)37-21-23-39(54-37)47(33-14-8-3-9-15-33)41-25-27-43(48)56-41/h1-27,44,49-53,56-60H,28-30H2/t44-,49-,50+,51-,52-/m1/s1. The van der Waals surface area contributed by atoms with Gasteiger partial charge in [-0.05, 0) is 83.0 Å². The first kappa shape index (κ1) is 40.1. The van der Waals surface area contributed by atoms with Crippen LogP contribution in [0.4, 0.5) is 0 Å². The van der Waals surface area contributed by atoms with Gasteiger partial charge in [0.1, 0.15) is 36.8 Å². The van der Waals surface area contributed by atoms with E-state index in [1.807, 2.05) is 66.7 Å². The SMILES string of the molecule is OC[C@H]1O[C@@H](OCCOc2ccc(-c3c4nc(c(-c5ccccc5)c5ccc([nH]5)c(-c5ccccc5)c5nc(c(-c6ccccc6)c6ccc3[nH]6)C=C5)C=C4)cc2)[C@H](O)[C@@H](O)[C@@H]1O. The smallest absolute Gasteiger partial charge is 0.186 e. The molecule has 6 N–H and O–H groups in total. The van der Waals surface area contributed by atoms with Gasteiger partial charge < -0.3 is 44.6 Å². The van der Waals surface area contributed by atoms with Crippen molar-refractivity contribution >= 4 is 46.4 Å². The van der Waals surface area contributed by atoms with E-state index in [0.29, 0.717) is 5.75 Å². The van der Waals surface area contributed by atoms with E-state index in [1.165, 1.54) is 0 Å². The van der Waals surface area contributed by atoms with E-state index in [1.54, 1.807) is 0 Å². The second-order valence-electron chi connectivity index (χ2n) is 15.5. The fraction of sp³-hybridized carbons (Fsp3) is 0.154. The fourth-order valence-electron chi connectivity index (χ4n) is 8.48. The van der Waals surface area contributed by atoms with Crippen molar-refractivity contribution < 1.29 is 34.6 Å². The van der Waals surface area contributed by atoms with Crippen molar-refractivity contribution in [2.24, 2.45) is 0 Å². The molecule has 0 unspecified atom stereocenters. The highest BCUT2D eigenvalue weighted by molar-refractivity contribution is 5.99. The highest BCUT2D eigenvalue weighted by Crippen LogP contribution is 2.38. The summed E-state index contributed by atoms with van der Waals surface area (Å²) >= 11 is 0. The average molecular weight is 837 g/mol. The molecule has 1 saturated heterocycles. The van der Waals surface area contributed by atoms with E-state index >= 15 is 0 Å². The molecule has 0 radical (unpaired) electrons. The maximum absolute atomic E-state index is 10.3. The second-order valence-corrected chi connectivity index (χ2v) is 15.5. The number of fused-ring (bicyclic) bond motifs is 8. The van der Waals surface area contributed by atoms with Gasteiger partial charge >= 0.3 is 0 Å². The lowest BCUT2D eigenvalue weighted by Gasteiger charge is -2.39. The van der Waals surface area contributed by atoms with Gasteiger partial charge in [0, 0.05) is 44.3 Å². The summed E-state index contributed by atoms with van der Waals surface area (Å²) < 4.78 is 17.1. The van der Waals surface area contributed by atoms with Crippen LogP contribution >= 0.6 is 0 Å². The summed E-state index contributed by atoms with van der Waals surface area (Å²) in [5.74, 6) is 0.583. The number of benzene rings is 4. The molecule has 4 aromatic carbocycles. The lowest BCUT2D eigenvalue weighted by Crippen LogP contribution is -2.59. The van der Waals surface area contributed by atoms with Crippen LogP contribution in [0.3, 0.4) is 0 Å². The second kappa shape index (κ2) is 17.4. The minimum Gasteiger partial charge on any atom is -0.491 e. The number of nitrogens with zero attached hydrogens (tertiary/aromatic N) is 2. The van der Waals surface area contributed by atoms with Crippen molar-refractivity contribution in [2.45, 2.75) is 30.7 Å². The molecular formula is C52H44N4O7. The summed E-state index contributed by atoms with van der Waals surface area (Å²) in [4.78, 5) is 18.3. The van der Waals surface area contributed by atoms with Crippen LogP contribution in [-0.4, -0.2) is 90.9 Å². The molecule has 6 heterocycles. The molecule has 0 amide bonds. The molecule has 11 heteroatoms. The van der Waals surface area contributed by atoms with Gasteiger partial charge in [-0.2, -0.15) is 0 Å². The van der Waals surface area contributed by atoms with Gasteiger partial charge in [-0.1, -0.05) is 103 Å². The molecule has 3 aliphatic rings. The highest BCUT2D eigenvalue weighted by atomic mass is 16.7. The molecule has 1 fully saturated rings. The summed E-state index contributed by atoms with van der Waals surface area (Å²) in [6.45, 7) is -0.412. The molecule has 314 valence electrons. The number of aliphatic hydroxyl groups is 4. The molecule has 0 spiro atoms. The molecule has 10 rings (SSSR count). The minimum absolute atomic E-state index is 0.0153. The summed E-state index contributed by atoms with van der Waals surface area (Å²) in [6, 6.07) is 47.1. The number of H-pyrrole nitrogens is 2. The van der Waals surface area contributed by atoms with E-state index in [4.69, 9.17) is 24.2 Å². The maximum Gasteiger partial charge on any atom is 0.186 e. The van der Waals surface area contributed by atoms with Gasteiger partial charge in [-0.25, -0.2) is 9.97 Å². The van der Waals surface area contributed by atoms with Crippen molar-refractivity contribution in [3.63, 3.8) is 0 Å². The Morgan fingerprint density at radius 3 is 1.25 bits per heavy atom. The van der Waals surface area contributed by atoms with Crippen LogP contribution in [0.25, 0.3) is 90.9 Å². The van der Waals surface area contributed by atoms with Crippen molar-refractivity contribution in [3.05, 3.63) is 162 Å². The third-order valence-corrected chi connectivity index (χ3v) is 11.6. The zero-order valence-electron chi connectivity index (χ0n) is 34.0. The molecular weight excluding hydrogens is 793 g/mol. The monoisotopic (exact) mass is 836 g/mol. The van der Waals surface area contributed by atoms with Crippen LogP contribution in [0, 0.1) is 0 Å². The van der Waals surface area contributed by atoms with Crippen molar-refractivity contribution in [1.29, 1.82) is 0 Å². The Balaban J connectivity index is 1.11. The Kier molecular flexibility index (Phi) is 11.1. The molecule has 3 aliphatic heterocycles. The number of rotatable bonds is 10. The molecule has 0 saturated carbocycles. The zero-order chi connectivity index (χ0) is 42.9. The quantitative estimate of drug-likeness (QED) is 0.0741. The number of aliphatic hydroxyl groups excluding tert-OH is 4. The highest BCUT2D eigenvalue weighted by Gasteiger charge is 2.44. The van der Waals surface area contributed by atoms with Crippen LogP contribution in [0.2, 0.25) is 0 Å². The Morgan fingerprint density at radius 2 is 0.857 bits per heavy atom. The van der Waals surface area contributed by atoms with Crippen LogP contribution in [-0.2, 0) is 9.47 Å². The first-order valence-corrected chi connectivity index (χ1v) is 20.9. The van der Waals surface area contributed by atoms with Crippen LogP contribution in [0.5, 0.6) is 5.75 Å². The van der Waals surface area contributed by atoms with Crippen LogP contribution in [0.15, 0.2) is 140 Å². The lowest BCUT2D eigenvalue weighted by atomic mass is 9.99. The van der Waals surface area contributed by atoms with Crippen molar-refractivity contribution in [3.8, 4) is 50.3 Å². The van der Waals surface area contributed by atoms with Crippen molar-refractivity contribution in [1.82, 2.24) is 19.9 Å². The fourth-order valence-corrected chi connectivity index (χ4v) is 8.48. The number of nitrogens with one attached hydrogen (secondary N) is 2. The molecule has 7 aromatic rings. The van der Waals surface area contributed by atoms with Crippen LogP contribution in [0.1, 0.15) is 22.8 Å².